The monoisotopic (exact) mass is 399 g/mol. The molecule has 1 unspecified atom stereocenters. The molecule has 1 aromatic carbocycles. The number of nitrogens with one attached hydrogen (secondary N) is 1. The van der Waals surface area contributed by atoms with E-state index in [2.05, 4.69) is 26.1 Å². The molecular formula is C23H29NO3S. The Morgan fingerprint density at radius 2 is 2.00 bits per heavy atom. The first-order valence-corrected chi connectivity index (χ1v) is 10.7. The summed E-state index contributed by atoms with van der Waals surface area (Å²) in [6.07, 6.45) is 3.98. The number of benzene rings is 1. The van der Waals surface area contributed by atoms with E-state index >= 15 is 0 Å². The summed E-state index contributed by atoms with van der Waals surface area (Å²) in [5.74, 6) is 0.0205. The van der Waals surface area contributed by atoms with Crippen LogP contribution in [0.25, 0.3) is 0 Å². The van der Waals surface area contributed by atoms with E-state index in [-0.39, 0.29) is 17.3 Å². The van der Waals surface area contributed by atoms with Crippen molar-refractivity contribution in [1.29, 1.82) is 0 Å². The number of hydrogen-bond donors (Lipinski definition) is 1. The number of thiophene rings is 1. The van der Waals surface area contributed by atoms with Crippen molar-refractivity contribution in [3.63, 3.8) is 0 Å². The number of methoxy groups -OCH3 is 1. The molecule has 0 radical (unpaired) electrons. The minimum Gasteiger partial charge on any atom is -0.465 e. The third-order valence-electron chi connectivity index (χ3n) is 6.29. The summed E-state index contributed by atoms with van der Waals surface area (Å²) in [4.78, 5) is 26.6. The van der Waals surface area contributed by atoms with Gasteiger partial charge in [-0.3, -0.25) is 4.79 Å². The molecule has 150 valence electrons. The van der Waals surface area contributed by atoms with Gasteiger partial charge in [-0.25, -0.2) is 4.79 Å². The van der Waals surface area contributed by atoms with Crippen molar-refractivity contribution < 1.29 is 14.3 Å². The van der Waals surface area contributed by atoms with E-state index in [4.69, 9.17) is 4.74 Å². The molecule has 1 amide bonds. The van der Waals surface area contributed by atoms with Gasteiger partial charge in [0.2, 0.25) is 0 Å². The van der Waals surface area contributed by atoms with Crippen LogP contribution in [0.3, 0.4) is 0 Å². The third kappa shape index (κ3) is 3.86. The van der Waals surface area contributed by atoms with Crippen LogP contribution in [0.15, 0.2) is 24.3 Å². The third-order valence-corrected chi connectivity index (χ3v) is 7.46. The Balaban J connectivity index is 1.95. The average molecular weight is 400 g/mol. The van der Waals surface area contributed by atoms with Gasteiger partial charge in [-0.1, -0.05) is 45.4 Å². The Labute approximate surface area is 171 Å². The quantitative estimate of drug-likeness (QED) is 0.662. The van der Waals surface area contributed by atoms with Crippen molar-refractivity contribution in [1.82, 2.24) is 0 Å². The maximum absolute atomic E-state index is 12.8. The minimum atomic E-state index is -0.370. The van der Waals surface area contributed by atoms with Gasteiger partial charge >= 0.3 is 5.97 Å². The maximum atomic E-state index is 12.8. The van der Waals surface area contributed by atoms with Gasteiger partial charge in [-0.05, 0) is 54.7 Å². The van der Waals surface area contributed by atoms with Crippen molar-refractivity contribution in [2.45, 2.75) is 53.4 Å². The summed E-state index contributed by atoms with van der Waals surface area (Å²) in [5.41, 5.74) is 3.38. The fraction of sp³-hybridized carbons (Fsp3) is 0.478. The number of amides is 1. The second kappa shape index (κ2) is 8.08. The standard InChI is InChI=1S/C23H29NO3S/c1-6-23(3,4)15-11-12-17-18(13-15)28-21(19(17)22(26)27-5)24-20(25)16-10-8-7-9-14(16)2/h7-10,15H,6,11-13H2,1-5H3,(H,24,25). The molecule has 1 aromatic heterocycles. The van der Waals surface area contributed by atoms with Gasteiger partial charge in [0.1, 0.15) is 5.00 Å². The molecule has 1 atom stereocenters. The summed E-state index contributed by atoms with van der Waals surface area (Å²) >= 11 is 1.53. The zero-order valence-corrected chi connectivity index (χ0v) is 18.2. The number of carbonyl (C=O) groups is 2. The van der Waals surface area contributed by atoms with Gasteiger partial charge in [-0.15, -0.1) is 11.3 Å². The van der Waals surface area contributed by atoms with E-state index in [9.17, 15) is 9.59 Å². The number of anilines is 1. The summed E-state index contributed by atoms with van der Waals surface area (Å²) in [6, 6.07) is 7.47. The Morgan fingerprint density at radius 1 is 1.29 bits per heavy atom. The lowest BCUT2D eigenvalue weighted by Gasteiger charge is -2.36. The molecule has 1 N–H and O–H groups in total. The molecule has 5 heteroatoms. The van der Waals surface area contributed by atoms with Gasteiger partial charge in [-0.2, -0.15) is 0 Å². The van der Waals surface area contributed by atoms with Crippen LogP contribution in [0, 0.1) is 18.3 Å². The Bertz CT molecular complexity index is 897. The summed E-state index contributed by atoms with van der Waals surface area (Å²) in [7, 11) is 1.39. The van der Waals surface area contributed by atoms with Gasteiger partial charge in [0, 0.05) is 10.4 Å². The van der Waals surface area contributed by atoms with Crippen LogP contribution in [-0.2, 0) is 17.6 Å². The molecule has 0 saturated heterocycles. The predicted molar refractivity (Wildman–Crippen MR) is 114 cm³/mol. The van der Waals surface area contributed by atoms with E-state index in [1.807, 2.05) is 25.1 Å². The van der Waals surface area contributed by atoms with Gasteiger partial charge in [0.05, 0.1) is 12.7 Å². The second-order valence-corrected chi connectivity index (χ2v) is 9.36. The first-order chi connectivity index (χ1) is 13.3. The fourth-order valence-electron chi connectivity index (χ4n) is 3.95. The highest BCUT2D eigenvalue weighted by atomic mass is 32.1. The first kappa shape index (κ1) is 20.6. The molecule has 0 aliphatic heterocycles. The van der Waals surface area contributed by atoms with E-state index in [0.717, 1.165) is 36.8 Å². The number of rotatable bonds is 5. The van der Waals surface area contributed by atoms with E-state index < -0.39 is 0 Å². The molecule has 2 aromatic rings. The zero-order valence-electron chi connectivity index (χ0n) is 17.3. The lowest BCUT2D eigenvalue weighted by Crippen LogP contribution is -2.28. The van der Waals surface area contributed by atoms with Crippen molar-refractivity contribution in [2.75, 3.05) is 12.4 Å². The number of aryl methyl sites for hydroxylation is 1. The molecule has 4 nitrogen and oxygen atoms in total. The largest absolute Gasteiger partial charge is 0.465 e. The lowest BCUT2D eigenvalue weighted by molar-refractivity contribution is 0.0600. The number of carbonyl (C=O) groups excluding carboxylic acids is 2. The Kier molecular flexibility index (Phi) is 5.94. The summed E-state index contributed by atoms with van der Waals surface area (Å²) in [6.45, 7) is 8.78. The Morgan fingerprint density at radius 3 is 2.64 bits per heavy atom. The van der Waals surface area contributed by atoms with Crippen LogP contribution < -0.4 is 5.32 Å². The maximum Gasteiger partial charge on any atom is 0.341 e. The van der Waals surface area contributed by atoms with Crippen molar-refractivity contribution in [3.8, 4) is 0 Å². The topological polar surface area (TPSA) is 55.4 Å². The van der Waals surface area contributed by atoms with Crippen LogP contribution in [0.5, 0.6) is 0 Å². The van der Waals surface area contributed by atoms with Gasteiger partial charge in [0.25, 0.3) is 5.91 Å². The summed E-state index contributed by atoms with van der Waals surface area (Å²) in [5, 5.41) is 3.60. The average Bonchev–Trinajstić information content (AvgIpc) is 3.04. The second-order valence-electron chi connectivity index (χ2n) is 8.25. The van der Waals surface area contributed by atoms with Crippen LogP contribution in [0.1, 0.15) is 70.3 Å². The SMILES string of the molecule is CCC(C)(C)C1CCc2c(sc(NC(=O)c3ccccc3C)c2C(=O)OC)C1. The minimum absolute atomic E-state index is 0.188. The number of fused-ring (bicyclic) bond motifs is 1. The van der Waals surface area contributed by atoms with Crippen molar-refractivity contribution in [3.05, 3.63) is 51.4 Å². The van der Waals surface area contributed by atoms with Crippen LogP contribution >= 0.6 is 11.3 Å². The highest BCUT2D eigenvalue weighted by molar-refractivity contribution is 7.17. The van der Waals surface area contributed by atoms with Gasteiger partial charge in [0.15, 0.2) is 0 Å². The molecule has 1 heterocycles. The first-order valence-electron chi connectivity index (χ1n) is 9.88. The van der Waals surface area contributed by atoms with Gasteiger partial charge < -0.3 is 10.1 Å². The molecule has 0 saturated carbocycles. The highest BCUT2D eigenvalue weighted by Crippen LogP contribution is 2.45. The number of esters is 1. The fourth-order valence-corrected chi connectivity index (χ4v) is 5.26. The van der Waals surface area contributed by atoms with E-state index in [0.29, 0.717) is 22.0 Å². The number of ether oxygens (including phenoxy) is 1. The normalized spacial score (nSPS) is 16.4. The van der Waals surface area contributed by atoms with Crippen LogP contribution in [-0.4, -0.2) is 19.0 Å². The molecule has 3 rings (SSSR count). The molecule has 0 bridgehead atoms. The van der Waals surface area contributed by atoms with Crippen molar-refractivity contribution >= 4 is 28.2 Å². The molecule has 0 spiro atoms. The lowest BCUT2D eigenvalue weighted by atomic mass is 9.69. The molecule has 1 aliphatic carbocycles. The van der Waals surface area contributed by atoms with Crippen molar-refractivity contribution in [2.24, 2.45) is 11.3 Å². The Hall–Kier alpha value is -2.14. The molecule has 28 heavy (non-hydrogen) atoms. The molecular weight excluding hydrogens is 370 g/mol. The number of hydrogen-bond acceptors (Lipinski definition) is 4. The van der Waals surface area contributed by atoms with Crippen LogP contribution in [0.4, 0.5) is 5.00 Å². The van der Waals surface area contributed by atoms with Crippen LogP contribution in [0.2, 0.25) is 0 Å². The van der Waals surface area contributed by atoms with E-state index in [1.54, 1.807) is 6.07 Å². The predicted octanol–water partition coefficient (Wildman–Crippen LogP) is 5.64. The molecule has 0 fully saturated rings. The molecule has 1 aliphatic rings. The van der Waals surface area contributed by atoms with E-state index in [1.165, 1.54) is 23.3 Å². The highest BCUT2D eigenvalue weighted by Gasteiger charge is 2.35. The summed E-state index contributed by atoms with van der Waals surface area (Å²) < 4.78 is 5.04. The smallest absolute Gasteiger partial charge is 0.341 e. The zero-order chi connectivity index (χ0) is 20.5.